The van der Waals surface area contributed by atoms with Gasteiger partial charge in [0.2, 0.25) is 0 Å². The summed E-state index contributed by atoms with van der Waals surface area (Å²) in [5, 5.41) is 9.42. The lowest BCUT2D eigenvalue weighted by atomic mass is 10.3. The molecule has 0 amide bonds. The summed E-state index contributed by atoms with van der Waals surface area (Å²) in [6, 6.07) is 11.3. The molecule has 1 heterocycles. The van der Waals surface area contributed by atoms with E-state index in [9.17, 15) is 0 Å². The summed E-state index contributed by atoms with van der Waals surface area (Å²) in [6.45, 7) is 0. The number of anilines is 1. The normalized spacial score (nSPS) is 9.78. The number of nitrogens with zero attached hydrogens (tertiary/aromatic N) is 2. The molecule has 0 fully saturated rings. The van der Waals surface area contributed by atoms with E-state index in [2.05, 4.69) is 4.98 Å². The molecule has 0 radical (unpaired) electrons. The molecule has 0 saturated carbocycles. The standard InChI is InChI=1S/C13H11N3OS/c1-17-11-4-2-3-5-12(11)18-13-10(15)6-9(7-14)8-16-13/h2-6,8H,15H2,1H3. The number of methoxy groups -OCH3 is 1. The zero-order valence-corrected chi connectivity index (χ0v) is 10.6. The van der Waals surface area contributed by atoms with Crippen molar-refractivity contribution in [1.29, 1.82) is 5.26 Å². The second kappa shape index (κ2) is 5.43. The summed E-state index contributed by atoms with van der Waals surface area (Å²) in [4.78, 5) is 5.11. The van der Waals surface area contributed by atoms with E-state index in [0.717, 1.165) is 10.6 Å². The fraction of sp³-hybridized carbons (Fsp3) is 0.0769. The van der Waals surface area contributed by atoms with E-state index in [0.29, 0.717) is 16.3 Å². The average Bonchev–Trinajstić information content (AvgIpc) is 2.41. The maximum absolute atomic E-state index is 8.75. The number of ether oxygens (including phenoxy) is 1. The molecule has 0 aliphatic carbocycles. The lowest BCUT2D eigenvalue weighted by Crippen LogP contribution is -1.94. The van der Waals surface area contributed by atoms with Crippen LogP contribution in [0.25, 0.3) is 0 Å². The van der Waals surface area contributed by atoms with Crippen molar-refractivity contribution in [3.05, 3.63) is 42.1 Å². The van der Waals surface area contributed by atoms with E-state index in [1.807, 2.05) is 30.3 Å². The van der Waals surface area contributed by atoms with Gasteiger partial charge < -0.3 is 10.5 Å². The number of aromatic nitrogens is 1. The van der Waals surface area contributed by atoms with Crippen molar-refractivity contribution in [3.8, 4) is 11.8 Å². The molecule has 5 heteroatoms. The fourth-order valence-corrected chi connectivity index (χ4v) is 2.31. The quantitative estimate of drug-likeness (QED) is 0.915. The second-order valence-electron chi connectivity index (χ2n) is 3.48. The number of benzene rings is 1. The molecule has 2 aromatic rings. The van der Waals surface area contributed by atoms with Crippen LogP contribution in [-0.2, 0) is 0 Å². The van der Waals surface area contributed by atoms with Gasteiger partial charge in [0.25, 0.3) is 0 Å². The Morgan fingerprint density at radius 3 is 2.83 bits per heavy atom. The largest absolute Gasteiger partial charge is 0.496 e. The third-order valence-electron chi connectivity index (χ3n) is 2.28. The van der Waals surface area contributed by atoms with Crippen molar-refractivity contribution in [2.45, 2.75) is 9.92 Å². The van der Waals surface area contributed by atoms with Gasteiger partial charge in [0, 0.05) is 6.20 Å². The summed E-state index contributed by atoms with van der Waals surface area (Å²) in [5.41, 5.74) is 6.81. The van der Waals surface area contributed by atoms with Crippen molar-refractivity contribution in [2.24, 2.45) is 0 Å². The van der Waals surface area contributed by atoms with Crippen LogP contribution in [0.4, 0.5) is 5.69 Å². The van der Waals surface area contributed by atoms with Crippen molar-refractivity contribution in [2.75, 3.05) is 12.8 Å². The first kappa shape index (κ1) is 12.3. The number of para-hydroxylation sites is 1. The lowest BCUT2D eigenvalue weighted by Gasteiger charge is -2.08. The molecule has 1 aromatic heterocycles. The number of nitrogens with two attached hydrogens (primary N) is 1. The molecule has 1 aromatic carbocycles. The molecule has 2 N–H and O–H groups in total. The van der Waals surface area contributed by atoms with Crippen molar-refractivity contribution in [1.82, 2.24) is 4.98 Å². The smallest absolute Gasteiger partial charge is 0.132 e. The van der Waals surface area contributed by atoms with Gasteiger partial charge in [-0.2, -0.15) is 5.26 Å². The molecule has 0 atom stereocenters. The van der Waals surface area contributed by atoms with Crippen molar-refractivity contribution >= 4 is 17.4 Å². The van der Waals surface area contributed by atoms with Crippen LogP contribution in [0.15, 0.2) is 46.5 Å². The van der Waals surface area contributed by atoms with E-state index in [1.165, 1.54) is 18.0 Å². The molecular weight excluding hydrogens is 246 g/mol. The van der Waals surface area contributed by atoms with Gasteiger partial charge in [-0.25, -0.2) is 4.98 Å². The number of hydrogen-bond acceptors (Lipinski definition) is 5. The third-order valence-corrected chi connectivity index (χ3v) is 3.38. The van der Waals surface area contributed by atoms with Crippen LogP contribution in [0.1, 0.15) is 5.56 Å². The average molecular weight is 257 g/mol. The van der Waals surface area contributed by atoms with Gasteiger partial charge >= 0.3 is 0 Å². The summed E-state index contributed by atoms with van der Waals surface area (Å²) in [6.07, 6.45) is 1.51. The highest BCUT2D eigenvalue weighted by Crippen LogP contribution is 2.36. The van der Waals surface area contributed by atoms with Crippen molar-refractivity contribution < 1.29 is 4.74 Å². The Labute approximate surface area is 109 Å². The first-order chi connectivity index (χ1) is 8.74. The Kier molecular flexibility index (Phi) is 3.70. The summed E-state index contributed by atoms with van der Waals surface area (Å²) in [7, 11) is 1.62. The monoisotopic (exact) mass is 257 g/mol. The number of pyridine rings is 1. The molecule has 0 aliphatic heterocycles. The van der Waals surface area contributed by atoms with E-state index >= 15 is 0 Å². The number of nitriles is 1. The van der Waals surface area contributed by atoms with Gasteiger partial charge in [0.15, 0.2) is 0 Å². The van der Waals surface area contributed by atoms with E-state index in [1.54, 1.807) is 13.2 Å². The molecule has 0 unspecified atom stereocenters. The zero-order chi connectivity index (χ0) is 13.0. The highest BCUT2D eigenvalue weighted by atomic mass is 32.2. The van der Waals surface area contributed by atoms with Gasteiger partial charge in [-0.3, -0.25) is 0 Å². The Morgan fingerprint density at radius 1 is 1.39 bits per heavy atom. The highest BCUT2D eigenvalue weighted by Gasteiger charge is 2.08. The van der Waals surface area contributed by atoms with Gasteiger partial charge in [0.05, 0.1) is 23.3 Å². The van der Waals surface area contributed by atoms with E-state index in [4.69, 9.17) is 15.7 Å². The number of rotatable bonds is 3. The first-order valence-electron chi connectivity index (χ1n) is 5.21. The minimum atomic E-state index is 0.455. The number of nitrogen functional groups attached to an aromatic ring is 1. The summed E-state index contributed by atoms with van der Waals surface area (Å²) in [5.74, 6) is 0.771. The Balaban J connectivity index is 2.32. The van der Waals surface area contributed by atoms with Crippen LogP contribution in [0, 0.1) is 11.3 Å². The maximum Gasteiger partial charge on any atom is 0.132 e. The lowest BCUT2D eigenvalue weighted by molar-refractivity contribution is 0.405. The summed E-state index contributed by atoms with van der Waals surface area (Å²) < 4.78 is 5.26. The third kappa shape index (κ3) is 2.55. The van der Waals surface area contributed by atoms with Crippen LogP contribution in [-0.4, -0.2) is 12.1 Å². The Bertz CT molecular complexity index is 607. The highest BCUT2D eigenvalue weighted by molar-refractivity contribution is 7.99. The van der Waals surface area contributed by atoms with Gasteiger partial charge in [-0.15, -0.1) is 0 Å². The SMILES string of the molecule is COc1ccccc1Sc1ncc(C#N)cc1N. The minimum absolute atomic E-state index is 0.455. The van der Waals surface area contributed by atoms with Crippen molar-refractivity contribution in [3.63, 3.8) is 0 Å². The van der Waals surface area contributed by atoms with E-state index in [-0.39, 0.29) is 0 Å². The Morgan fingerprint density at radius 2 is 2.17 bits per heavy atom. The molecule has 0 saturated heterocycles. The molecule has 4 nitrogen and oxygen atoms in total. The fourth-order valence-electron chi connectivity index (χ4n) is 1.42. The molecule has 0 bridgehead atoms. The maximum atomic E-state index is 8.75. The van der Waals surface area contributed by atoms with Crippen LogP contribution < -0.4 is 10.5 Å². The van der Waals surface area contributed by atoms with Crippen LogP contribution in [0.3, 0.4) is 0 Å². The Hall–Kier alpha value is -2.19. The van der Waals surface area contributed by atoms with Gasteiger partial charge in [0.1, 0.15) is 16.8 Å². The minimum Gasteiger partial charge on any atom is -0.496 e. The molecule has 0 aliphatic rings. The number of hydrogen-bond donors (Lipinski definition) is 1. The topological polar surface area (TPSA) is 71.9 Å². The zero-order valence-electron chi connectivity index (χ0n) is 9.75. The molecule has 90 valence electrons. The molecule has 0 spiro atoms. The second-order valence-corrected chi connectivity index (χ2v) is 4.51. The van der Waals surface area contributed by atoms with Gasteiger partial charge in [-0.05, 0) is 18.2 Å². The predicted octanol–water partition coefficient (Wildman–Crippen LogP) is 2.70. The molecule has 18 heavy (non-hydrogen) atoms. The van der Waals surface area contributed by atoms with Crippen LogP contribution in [0.2, 0.25) is 0 Å². The molecule has 2 rings (SSSR count). The predicted molar refractivity (Wildman–Crippen MR) is 70.5 cm³/mol. The first-order valence-corrected chi connectivity index (χ1v) is 6.02. The van der Waals surface area contributed by atoms with Crippen LogP contribution >= 0.6 is 11.8 Å². The summed E-state index contributed by atoms with van der Waals surface area (Å²) >= 11 is 1.41. The van der Waals surface area contributed by atoms with Gasteiger partial charge in [-0.1, -0.05) is 23.9 Å². The molecular formula is C13H11N3OS. The van der Waals surface area contributed by atoms with Crippen LogP contribution in [0.5, 0.6) is 5.75 Å². The van der Waals surface area contributed by atoms with E-state index < -0.39 is 0 Å².